The van der Waals surface area contributed by atoms with Crippen molar-refractivity contribution in [1.29, 1.82) is 0 Å². The van der Waals surface area contributed by atoms with E-state index in [0.717, 1.165) is 47.5 Å². The maximum Gasteiger partial charge on any atom is 0.245 e. The second-order valence-electron chi connectivity index (χ2n) is 8.70. The topological polar surface area (TPSA) is 100 Å². The molecule has 4 aromatic rings. The molecule has 1 aliphatic heterocycles. The highest BCUT2D eigenvalue weighted by Crippen LogP contribution is 2.30. The number of hydrogen-bond donors (Lipinski definition) is 2. The number of piperazine rings is 1. The van der Waals surface area contributed by atoms with Crippen molar-refractivity contribution in [2.75, 3.05) is 24.5 Å². The third-order valence-corrected chi connectivity index (χ3v) is 5.67. The Bertz CT molecular complexity index is 1140. The fourth-order valence-electron chi connectivity index (χ4n) is 3.90. The van der Waals surface area contributed by atoms with Gasteiger partial charge in [-0.05, 0) is 23.6 Å². The molecule has 1 aromatic carbocycles. The maximum atomic E-state index is 4.64. The van der Waals surface area contributed by atoms with Crippen LogP contribution in [0.4, 0.5) is 5.95 Å². The van der Waals surface area contributed by atoms with Crippen LogP contribution in [0.1, 0.15) is 20.8 Å². The average molecular weight is 403 g/mol. The van der Waals surface area contributed by atoms with E-state index in [9.17, 15) is 0 Å². The van der Waals surface area contributed by atoms with E-state index in [1.165, 1.54) is 0 Å². The average Bonchev–Trinajstić information content (AvgIpc) is 3.45. The van der Waals surface area contributed by atoms with Crippen molar-refractivity contribution in [2.45, 2.75) is 26.8 Å². The highest BCUT2D eigenvalue weighted by atomic mass is 15.3. The zero-order chi connectivity index (χ0) is 20.7. The number of fused-ring (bicyclic) bond motifs is 1. The second-order valence-corrected chi connectivity index (χ2v) is 8.70. The van der Waals surface area contributed by atoms with Crippen molar-refractivity contribution in [3.8, 4) is 16.9 Å². The predicted octanol–water partition coefficient (Wildman–Crippen LogP) is 2.42. The highest BCUT2D eigenvalue weighted by Gasteiger charge is 2.30. The fourth-order valence-corrected chi connectivity index (χ4v) is 3.90. The first-order chi connectivity index (χ1) is 14.5. The Kier molecular flexibility index (Phi) is 4.47. The van der Waals surface area contributed by atoms with Crippen molar-refractivity contribution >= 4 is 16.9 Å². The van der Waals surface area contributed by atoms with Crippen LogP contribution in [0.15, 0.2) is 43.0 Å². The number of rotatable bonds is 3. The van der Waals surface area contributed by atoms with Gasteiger partial charge < -0.3 is 10.2 Å². The SMILES string of the molecule is CC(C)(C)C1CN(c2ncc(-c3ccc(-n4cccn4)c4[nH]ncc34)nn2)CCN1. The van der Waals surface area contributed by atoms with Crippen LogP contribution in [-0.4, -0.2) is 60.8 Å². The molecule has 0 bridgehead atoms. The maximum absolute atomic E-state index is 4.64. The molecule has 0 radical (unpaired) electrons. The number of nitrogens with one attached hydrogen (secondary N) is 2. The lowest BCUT2D eigenvalue weighted by Gasteiger charge is -2.40. The van der Waals surface area contributed by atoms with Gasteiger partial charge in [0.25, 0.3) is 0 Å². The molecule has 9 heteroatoms. The Hall–Kier alpha value is -3.33. The van der Waals surface area contributed by atoms with Crippen LogP contribution < -0.4 is 10.2 Å². The van der Waals surface area contributed by atoms with Crippen LogP contribution in [0, 0.1) is 5.41 Å². The predicted molar refractivity (Wildman–Crippen MR) is 115 cm³/mol. The van der Waals surface area contributed by atoms with Crippen LogP contribution in [0.2, 0.25) is 0 Å². The molecule has 30 heavy (non-hydrogen) atoms. The van der Waals surface area contributed by atoms with Gasteiger partial charge in [0.2, 0.25) is 5.95 Å². The summed E-state index contributed by atoms with van der Waals surface area (Å²) >= 11 is 0. The van der Waals surface area contributed by atoms with Crippen LogP contribution in [0.5, 0.6) is 0 Å². The third-order valence-electron chi connectivity index (χ3n) is 5.67. The standard InChI is InChI=1S/C21H25N9/c1-21(2,3)18-13-29(10-8-22-18)20-23-12-16(26-28-20)14-5-6-17(30-9-4-7-25-30)19-15(14)11-24-27-19/h4-7,9,11-12,18,22H,8,10,13H2,1-3H3,(H,24,27). The molecule has 9 nitrogen and oxygen atoms in total. The molecule has 1 atom stereocenters. The summed E-state index contributed by atoms with van der Waals surface area (Å²) < 4.78 is 1.81. The number of H-pyrrole nitrogens is 1. The molecule has 1 unspecified atom stereocenters. The number of aromatic nitrogens is 7. The normalized spacial score (nSPS) is 17.6. The minimum Gasteiger partial charge on any atom is -0.337 e. The van der Waals surface area contributed by atoms with Gasteiger partial charge in [-0.1, -0.05) is 20.8 Å². The molecule has 0 spiro atoms. The summed E-state index contributed by atoms with van der Waals surface area (Å²) in [4.78, 5) is 6.84. The van der Waals surface area contributed by atoms with E-state index in [0.29, 0.717) is 12.0 Å². The molecule has 0 aliphatic carbocycles. The Morgan fingerprint density at radius 2 is 2.03 bits per heavy atom. The summed E-state index contributed by atoms with van der Waals surface area (Å²) in [5, 5.41) is 25.1. The summed E-state index contributed by atoms with van der Waals surface area (Å²) in [5.74, 6) is 0.672. The molecule has 3 aromatic heterocycles. The molecule has 1 aliphatic rings. The molecule has 5 rings (SSSR count). The first-order valence-electron chi connectivity index (χ1n) is 10.2. The first kappa shape index (κ1) is 18.7. The van der Waals surface area contributed by atoms with Crippen molar-refractivity contribution in [2.24, 2.45) is 5.41 Å². The minimum atomic E-state index is 0.176. The Labute approximate surface area is 174 Å². The van der Waals surface area contributed by atoms with Gasteiger partial charge in [0.05, 0.1) is 23.6 Å². The quantitative estimate of drug-likeness (QED) is 0.542. The molecule has 4 heterocycles. The largest absolute Gasteiger partial charge is 0.337 e. The summed E-state index contributed by atoms with van der Waals surface area (Å²) in [6.45, 7) is 9.41. The van der Waals surface area contributed by atoms with E-state index in [-0.39, 0.29) is 5.41 Å². The van der Waals surface area contributed by atoms with Crippen molar-refractivity contribution in [3.63, 3.8) is 0 Å². The van der Waals surface area contributed by atoms with Crippen molar-refractivity contribution < 1.29 is 0 Å². The van der Waals surface area contributed by atoms with Gasteiger partial charge in [-0.25, -0.2) is 9.67 Å². The van der Waals surface area contributed by atoms with Crippen LogP contribution >= 0.6 is 0 Å². The lowest BCUT2D eigenvalue weighted by atomic mass is 9.85. The highest BCUT2D eigenvalue weighted by molar-refractivity contribution is 5.97. The number of nitrogens with zero attached hydrogens (tertiary/aromatic N) is 7. The van der Waals surface area contributed by atoms with E-state index in [1.807, 2.05) is 29.1 Å². The van der Waals surface area contributed by atoms with E-state index < -0.39 is 0 Å². The summed E-state index contributed by atoms with van der Waals surface area (Å²) in [6.07, 6.45) is 7.26. The molecular formula is C21H25N9. The fraction of sp³-hybridized carbons (Fsp3) is 0.381. The Morgan fingerprint density at radius 3 is 2.77 bits per heavy atom. The monoisotopic (exact) mass is 403 g/mol. The first-order valence-corrected chi connectivity index (χ1v) is 10.2. The van der Waals surface area contributed by atoms with Crippen LogP contribution in [0.3, 0.4) is 0 Å². The zero-order valence-corrected chi connectivity index (χ0v) is 17.4. The lowest BCUT2D eigenvalue weighted by Crippen LogP contribution is -2.56. The second kappa shape index (κ2) is 7.17. The van der Waals surface area contributed by atoms with Gasteiger partial charge in [-0.2, -0.15) is 10.2 Å². The molecule has 2 N–H and O–H groups in total. The molecule has 0 saturated carbocycles. The van der Waals surface area contributed by atoms with E-state index in [1.54, 1.807) is 18.6 Å². The van der Waals surface area contributed by atoms with Crippen LogP contribution in [-0.2, 0) is 0 Å². The molecule has 154 valence electrons. The van der Waals surface area contributed by atoms with E-state index >= 15 is 0 Å². The molecule has 1 fully saturated rings. The van der Waals surface area contributed by atoms with E-state index in [4.69, 9.17) is 0 Å². The van der Waals surface area contributed by atoms with Crippen molar-refractivity contribution in [3.05, 3.63) is 43.0 Å². The lowest BCUT2D eigenvalue weighted by molar-refractivity contribution is 0.252. The van der Waals surface area contributed by atoms with Gasteiger partial charge in [-0.15, -0.1) is 10.2 Å². The molecule has 0 amide bonds. The number of aromatic amines is 1. The Morgan fingerprint density at radius 1 is 1.13 bits per heavy atom. The summed E-state index contributed by atoms with van der Waals surface area (Å²) in [5.41, 5.74) is 3.67. The van der Waals surface area contributed by atoms with Gasteiger partial charge in [0.15, 0.2) is 0 Å². The van der Waals surface area contributed by atoms with Crippen LogP contribution in [0.25, 0.3) is 27.8 Å². The third kappa shape index (κ3) is 3.30. The number of anilines is 1. The van der Waals surface area contributed by atoms with Gasteiger partial charge >= 0.3 is 0 Å². The smallest absolute Gasteiger partial charge is 0.245 e. The van der Waals surface area contributed by atoms with E-state index in [2.05, 4.69) is 61.5 Å². The number of benzene rings is 1. The molecule has 1 saturated heterocycles. The van der Waals surface area contributed by atoms with Crippen molar-refractivity contribution in [1.82, 2.24) is 40.5 Å². The summed E-state index contributed by atoms with van der Waals surface area (Å²) in [6, 6.07) is 6.29. The summed E-state index contributed by atoms with van der Waals surface area (Å²) in [7, 11) is 0. The molecular weight excluding hydrogens is 378 g/mol. The van der Waals surface area contributed by atoms with Gasteiger partial charge in [-0.3, -0.25) is 5.10 Å². The van der Waals surface area contributed by atoms with Gasteiger partial charge in [0.1, 0.15) is 5.69 Å². The number of hydrogen-bond acceptors (Lipinski definition) is 7. The minimum absolute atomic E-state index is 0.176. The Balaban J connectivity index is 1.45. The zero-order valence-electron chi connectivity index (χ0n) is 17.4. The van der Waals surface area contributed by atoms with Gasteiger partial charge in [0, 0.05) is 49.0 Å².